The van der Waals surface area contributed by atoms with Gasteiger partial charge in [0.25, 0.3) is 5.91 Å². The van der Waals surface area contributed by atoms with Crippen LogP contribution in [-0.4, -0.2) is 33.3 Å². The first-order valence-corrected chi connectivity index (χ1v) is 7.41. The molecule has 0 aliphatic carbocycles. The fourth-order valence-corrected chi connectivity index (χ4v) is 3.91. The predicted molar refractivity (Wildman–Crippen MR) is 75.6 cm³/mol. The summed E-state index contributed by atoms with van der Waals surface area (Å²) < 4.78 is 0. The monoisotopic (exact) mass is 278 g/mol. The Morgan fingerprint density at radius 2 is 1.89 bits per heavy atom. The summed E-state index contributed by atoms with van der Waals surface area (Å²) in [7, 11) is 0. The van der Waals surface area contributed by atoms with Crippen molar-refractivity contribution in [2.24, 2.45) is 0 Å². The molecule has 1 amide bonds. The van der Waals surface area contributed by atoms with Gasteiger partial charge < -0.3 is 4.90 Å². The van der Waals surface area contributed by atoms with E-state index in [2.05, 4.69) is 9.88 Å². The summed E-state index contributed by atoms with van der Waals surface area (Å²) in [5.41, 5.74) is 2.53. The molecule has 2 bridgehead atoms. The third kappa shape index (κ3) is 2.25. The van der Waals surface area contributed by atoms with Crippen molar-refractivity contribution in [2.75, 3.05) is 0 Å². The van der Waals surface area contributed by atoms with Gasteiger partial charge in [-0.1, -0.05) is 0 Å². The quantitative estimate of drug-likeness (QED) is 0.740. The zero-order valence-electron chi connectivity index (χ0n) is 11.4. The Kier molecular flexibility index (Phi) is 3.25. The molecule has 0 radical (unpaired) electrons. The zero-order valence-corrected chi connectivity index (χ0v) is 12.2. The molecule has 0 spiro atoms. The van der Waals surface area contributed by atoms with Gasteiger partial charge in [-0.2, -0.15) is 0 Å². The Hall–Kier alpha value is -1.09. The minimum Gasteiger partial charge on any atom is -0.333 e. The predicted octanol–water partition coefficient (Wildman–Crippen LogP) is 3.07. The first kappa shape index (κ1) is 12.9. The number of carbonyl (C=O) groups excluding carboxylic acids is 1. The minimum atomic E-state index is 0.140. The van der Waals surface area contributed by atoms with Gasteiger partial charge in [-0.25, -0.2) is 0 Å². The summed E-state index contributed by atoms with van der Waals surface area (Å²) in [6.45, 7) is 3.86. The minimum absolute atomic E-state index is 0.140. The van der Waals surface area contributed by atoms with Crippen LogP contribution in [0.1, 0.15) is 47.4 Å². The van der Waals surface area contributed by atoms with E-state index < -0.39 is 0 Å². The highest BCUT2D eigenvalue weighted by Gasteiger charge is 2.43. The van der Waals surface area contributed by atoms with Crippen LogP contribution in [0.15, 0.2) is 12.1 Å². The van der Waals surface area contributed by atoms with Crippen LogP contribution in [0.3, 0.4) is 0 Å². The second-order valence-corrected chi connectivity index (χ2v) is 6.37. The molecule has 2 saturated heterocycles. The molecule has 3 nitrogen and oxygen atoms in total. The van der Waals surface area contributed by atoms with Gasteiger partial charge in [0.1, 0.15) is 0 Å². The highest BCUT2D eigenvalue weighted by Crippen LogP contribution is 2.38. The fraction of sp³-hybridized carbons (Fsp3) is 0.600. The summed E-state index contributed by atoms with van der Waals surface area (Å²) in [5, 5.41) is 0.235. The lowest BCUT2D eigenvalue weighted by Crippen LogP contribution is -2.47. The number of carbonyl (C=O) groups is 1. The van der Waals surface area contributed by atoms with Gasteiger partial charge in [0.15, 0.2) is 0 Å². The van der Waals surface area contributed by atoms with E-state index in [1.54, 1.807) is 0 Å². The van der Waals surface area contributed by atoms with E-state index in [0.29, 0.717) is 12.1 Å². The molecule has 2 fully saturated rings. The van der Waals surface area contributed by atoms with Crippen LogP contribution < -0.4 is 0 Å². The average Bonchev–Trinajstić information content (AvgIpc) is 2.61. The van der Waals surface area contributed by atoms with E-state index in [0.717, 1.165) is 42.6 Å². The lowest BCUT2D eigenvalue weighted by molar-refractivity contribution is 0.0598. The second kappa shape index (κ2) is 4.78. The van der Waals surface area contributed by atoms with Crippen molar-refractivity contribution in [3.8, 4) is 0 Å². The third-order valence-corrected chi connectivity index (χ3v) is 4.72. The number of alkyl halides is 1. The van der Waals surface area contributed by atoms with Gasteiger partial charge in [-0.05, 0) is 51.7 Å². The highest BCUT2D eigenvalue weighted by atomic mass is 35.5. The van der Waals surface area contributed by atoms with Gasteiger partial charge in [-0.15, -0.1) is 11.6 Å². The first-order chi connectivity index (χ1) is 9.06. The molecular weight excluding hydrogens is 260 g/mol. The second-order valence-electron chi connectivity index (χ2n) is 5.75. The molecular formula is C15H19ClN2O. The fourth-order valence-electron chi connectivity index (χ4n) is 3.49. The van der Waals surface area contributed by atoms with Crippen molar-refractivity contribution in [3.63, 3.8) is 0 Å². The first-order valence-electron chi connectivity index (χ1n) is 6.97. The number of hydrogen-bond acceptors (Lipinski definition) is 2. The molecule has 2 unspecified atom stereocenters. The summed E-state index contributed by atoms with van der Waals surface area (Å²) in [5.74, 6) is 0.140. The number of rotatable bonds is 1. The molecule has 3 heterocycles. The van der Waals surface area contributed by atoms with Crippen LogP contribution in [0, 0.1) is 13.8 Å². The SMILES string of the molecule is Cc1ccc(C(=O)N2C3CCC2CC(Cl)C3)c(C)n1. The van der Waals surface area contributed by atoms with Crippen molar-refractivity contribution >= 4 is 17.5 Å². The molecule has 2 aliphatic rings. The number of pyridine rings is 1. The molecule has 4 heteroatoms. The zero-order chi connectivity index (χ0) is 13.6. The molecule has 19 heavy (non-hydrogen) atoms. The number of aromatic nitrogens is 1. The number of nitrogens with zero attached hydrogens (tertiary/aromatic N) is 2. The standard InChI is InChI=1S/C15H19ClN2O/c1-9-3-6-14(10(2)17-9)15(19)18-12-4-5-13(18)8-11(16)7-12/h3,6,11-13H,4-5,7-8H2,1-2H3. The Morgan fingerprint density at radius 1 is 1.26 bits per heavy atom. The maximum atomic E-state index is 12.7. The molecule has 2 aliphatic heterocycles. The van der Waals surface area contributed by atoms with Crippen LogP contribution in [0.25, 0.3) is 0 Å². The molecule has 0 saturated carbocycles. The van der Waals surface area contributed by atoms with E-state index in [9.17, 15) is 4.79 Å². The normalized spacial score (nSPS) is 29.6. The topological polar surface area (TPSA) is 33.2 Å². The molecule has 0 aromatic carbocycles. The van der Waals surface area contributed by atoms with Gasteiger partial charge >= 0.3 is 0 Å². The van der Waals surface area contributed by atoms with Crippen molar-refractivity contribution in [3.05, 3.63) is 29.1 Å². The maximum absolute atomic E-state index is 12.7. The number of aryl methyl sites for hydroxylation is 2. The summed E-state index contributed by atoms with van der Waals surface area (Å²) in [4.78, 5) is 19.2. The largest absolute Gasteiger partial charge is 0.333 e. The van der Waals surface area contributed by atoms with E-state index in [1.807, 2.05) is 26.0 Å². The van der Waals surface area contributed by atoms with Gasteiger partial charge in [0.05, 0.1) is 11.3 Å². The van der Waals surface area contributed by atoms with Crippen LogP contribution in [0.4, 0.5) is 0 Å². The number of fused-ring (bicyclic) bond motifs is 2. The number of hydrogen-bond donors (Lipinski definition) is 0. The molecule has 0 N–H and O–H groups in total. The maximum Gasteiger partial charge on any atom is 0.256 e. The molecule has 2 atom stereocenters. The number of amides is 1. The smallest absolute Gasteiger partial charge is 0.256 e. The molecule has 1 aromatic rings. The summed E-state index contributed by atoms with van der Waals surface area (Å²) >= 11 is 6.26. The summed E-state index contributed by atoms with van der Waals surface area (Å²) in [6.07, 6.45) is 4.06. The van der Waals surface area contributed by atoms with Gasteiger partial charge in [0.2, 0.25) is 0 Å². The van der Waals surface area contributed by atoms with Crippen molar-refractivity contribution in [1.29, 1.82) is 0 Å². The molecule has 102 valence electrons. The average molecular weight is 279 g/mol. The molecule has 1 aromatic heterocycles. The lowest BCUT2D eigenvalue weighted by atomic mass is 10.0. The Balaban J connectivity index is 1.88. The highest BCUT2D eigenvalue weighted by molar-refractivity contribution is 6.20. The van der Waals surface area contributed by atoms with Crippen LogP contribution in [0.5, 0.6) is 0 Å². The lowest BCUT2D eigenvalue weighted by Gasteiger charge is -2.37. The molecule has 3 rings (SSSR count). The summed E-state index contributed by atoms with van der Waals surface area (Å²) in [6, 6.07) is 4.48. The van der Waals surface area contributed by atoms with E-state index in [4.69, 9.17) is 11.6 Å². The van der Waals surface area contributed by atoms with Crippen LogP contribution in [-0.2, 0) is 0 Å². The number of halogens is 1. The van der Waals surface area contributed by atoms with Crippen molar-refractivity contribution in [2.45, 2.75) is 57.0 Å². The van der Waals surface area contributed by atoms with Gasteiger partial charge in [-0.3, -0.25) is 9.78 Å². The Morgan fingerprint density at radius 3 is 2.47 bits per heavy atom. The van der Waals surface area contributed by atoms with Crippen molar-refractivity contribution < 1.29 is 4.79 Å². The Labute approximate surface area is 119 Å². The van der Waals surface area contributed by atoms with E-state index in [-0.39, 0.29) is 11.3 Å². The van der Waals surface area contributed by atoms with Crippen LogP contribution >= 0.6 is 11.6 Å². The van der Waals surface area contributed by atoms with Crippen LogP contribution in [0.2, 0.25) is 0 Å². The third-order valence-electron chi connectivity index (χ3n) is 4.37. The van der Waals surface area contributed by atoms with Gasteiger partial charge in [0, 0.05) is 23.2 Å². The number of piperidine rings is 1. The van der Waals surface area contributed by atoms with Crippen molar-refractivity contribution in [1.82, 2.24) is 9.88 Å². The van der Waals surface area contributed by atoms with E-state index >= 15 is 0 Å². The van der Waals surface area contributed by atoms with E-state index in [1.165, 1.54) is 0 Å². The Bertz CT molecular complexity index is 503.